The summed E-state index contributed by atoms with van der Waals surface area (Å²) in [5.41, 5.74) is 1.87. The van der Waals surface area contributed by atoms with Crippen LogP contribution < -0.4 is 4.90 Å². The van der Waals surface area contributed by atoms with Crippen LogP contribution in [0.15, 0.2) is 55.1 Å². The van der Waals surface area contributed by atoms with Gasteiger partial charge in [-0.15, -0.1) is 0 Å². The number of fused-ring (bicyclic) bond motifs is 1. The number of benzene rings is 2. The van der Waals surface area contributed by atoms with Crippen LogP contribution in [0, 0.1) is 5.82 Å². The summed E-state index contributed by atoms with van der Waals surface area (Å²) in [4.78, 5) is 23.7. The average Bonchev–Trinajstić information content (AvgIpc) is 3.40. The van der Waals surface area contributed by atoms with Crippen LogP contribution in [0.4, 0.5) is 9.52 Å². The Bertz CT molecular complexity index is 1160. The number of thiazole rings is 1. The Labute approximate surface area is 182 Å². The Morgan fingerprint density at radius 1 is 1.27 bits per heavy atom. The molecule has 0 saturated carbocycles. The van der Waals surface area contributed by atoms with E-state index in [0.29, 0.717) is 24.6 Å². The van der Waals surface area contributed by atoms with E-state index in [4.69, 9.17) is 16.6 Å². The summed E-state index contributed by atoms with van der Waals surface area (Å²) < 4.78 is 17.4. The topological polar surface area (TPSA) is 51.0 Å². The van der Waals surface area contributed by atoms with Crippen LogP contribution in [0.1, 0.15) is 29.3 Å². The van der Waals surface area contributed by atoms with Gasteiger partial charge in [-0.05, 0) is 36.6 Å². The number of nitrogens with zero attached hydrogens (tertiary/aromatic N) is 4. The van der Waals surface area contributed by atoms with Crippen molar-refractivity contribution in [2.45, 2.75) is 26.3 Å². The lowest BCUT2D eigenvalue weighted by atomic mass is 10.1. The zero-order valence-corrected chi connectivity index (χ0v) is 18.0. The molecule has 0 N–H and O–H groups in total. The smallest absolute Gasteiger partial charge is 0.264 e. The second-order valence-electron chi connectivity index (χ2n) is 6.82. The van der Waals surface area contributed by atoms with Crippen molar-refractivity contribution >= 4 is 44.2 Å². The van der Waals surface area contributed by atoms with Crippen molar-refractivity contribution in [3.8, 4) is 0 Å². The second-order valence-corrected chi connectivity index (χ2v) is 8.24. The minimum absolute atomic E-state index is 0.0926. The molecule has 8 heteroatoms. The van der Waals surface area contributed by atoms with Crippen LogP contribution >= 0.6 is 22.9 Å². The molecule has 5 nitrogen and oxygen atoms in total. The van der Waals surface area contributed by atoms with E-state index in [2.05, 4.69) is 11.9 Å². The highest BCUT2D eigenvalue weighted by Gasteiger charge is 2.26. The third kappa shape index (κ3) is 4.08. The molecular weight excluding hydrogens is 423 g/mol. The number of halogens is 2. The van der Waals surface area contributed by atoms with Crippen molar-refractivity contribution in [1.82, 2.24) is 14.5 Å². The Kier molecular flexibility index (Phi) is 6.11. The molecule has 0 bridgehead atoms. The standard InChI is InChI=1S/C22H20ClFN4OS/c1-2-15-6-3-9-18-20(15)26-22(30-18)28(12-5-11-27-13-10-25-14-27)21(29)19-16(23)7-4-8-17(19)24/h3-4,6-10,13-14H,2,5,11-12H2,1H3. The number of carbonyl (C=O) groups is 1. The highest BCUT2D eigenvalue weighted by atomic mass is 35.5. The molecule has 2 heterocycles. The highest BCUT2D eigenvalue weighted by molar-refractivity contribution is 7.22. The van der Waals surface area contributed by atoms with Gasteiger partial charge in [0.25, 0.3) is 5.91 Å². The largest absolute Gasteiger partial charge is 0.337 e. The third-order valence-electron chi connectivity index (χ3n) is 4.88. The van der Waals surface area contributed by atoms with Gasteiger partial charge in [0, 0.05) is 25.5 Å². The van der Waals surface area contributed by atoms with Crippen molar-refractivity contribution in [3.63, 3.8) is 0 Å². The van der Waals surface area contributed by atoms with Gasteiger partial charge in [0.15, 0.2) is 5.13 Å². The third-order valence-corrected chi connectivity index (χ3v) is 6.24. The summed E-state index contributed by atoms with van der Waals surface area (Å²) in [6.45, 7) is 3.13. The van der Waals surface area contributed by atoms with Crippen molar-refractivity contribution in [1.29, 1.82) is 0 Å². The fourth-order valence-corrected chi connectivity index (χ4v) is 4.63. The number of amides is 1. The molecule has 0 atom stereocenters. The molecule has 0 radical (unpaired) electrons. The summed E-state index contributed by atoms with van der Waals surface area (Å²) in [6.07, 6.45) is 6.80. The highest BCUT2D eigenvalue weighted by Crippen LogP contribution is 2.33. The number of rotatable bonds is 7. The molecule has 0 saturated heterocycles. The first-order chi connectivity index (χ1) is 14.6. The first kappa shape index (κ1) is 20.5. The molecule has 4 rings (SSSR count). The van der Waals surface area contributed by atoms with Crippen LogP contribution in [-0.4, -0.2) is 27.0 Å². The maximum Gasteiger partial charge on any atom is 0.264 e. The average molecular weight is 443 g/mol. The first-order valence-corrected chi connectivity index (χ1v) is 10.9. The molecule has 2 aromatic carbocycles. The van der Waals surface area contributed by atoms with Crippen molar-refractivity contribution < 1.29 is 9.18 Å². The molecule has 2 aromatic heterocycles. The molecule has 0 spiro atoms. The van der Waals surface area contributed by atoms with E-state index in [-0.39, 0.29) is 10.6 Å². The normalized spacial score (nSPS) is 11.2. The van der Waals surface area contributed by atoms with Crippen LogP contribution in [-0.2, 0) is 13.0 Å². The van der Waals surface area contributed by atoms with Gasteiger partial charge in [-0.25, -0.2) is 14.4 Å². The molecule has 0 unspecified atom stereocenters. The predicted octanol–water partition coefficient (Wildman–Crippen LogP) is 5.58. The van der Waals surface area contributed by atoms with E-state index in [1.165, 1.54) is 34.4 Å². The Morgan fingerprint density at radius 2 is 2.10 bits per heavy atom. The fourth-order valence-electron chi connectivity index (χ4n) is 3.35. The maximum absolute atomic E-state index is 14.5. The van der Waals surface area contributed by atoms with Crippen LogP contribution in [0.5, 0.6) is 0 Å². The van der Waals surface area contributed by atoms with E-state index in [9.17, 15) is 9.18 Å². The summed E-state index contributed by atoms with van der Waals surface area (Å²) in [6, 6.07) is 10.3. The number of aromatic nitrogens is 3. The Morgan fingerprint density at radius 3 is 2.83 bits per heavy atom. The molecule has 30 heavy (non-hydrogen) atoms. The fraction of sp³-hybridized carbons (Fsp3) is 0.227. The predicted molar refractivity (Wildman–Crippen MR) is 119 cm³/mol. The van der Waals surface area contributed by atoms with E-state index < -0.39 is 11.7 Å². The molecule has 0 aliphatic carbocycles. The molecule has 0 aliphatic rings. The lowest BCUT2D eigenvalue weighted by Gasteiger charge is -2.21. The van der Waals surface area contributed by atoms with Gasteiger partial charge in [-0.2, -0.15) is 0 Å². The molecule has 0 aliphatic heterocycles. The van der Waals surface area contributed by atoms with E-state index in [1.807, 2.05) is 29.0 Å². The monoisotopic (exact) mass is 442 g/mol. The van der Waals surface area contributed by atoms with Gasteiger partial charge >= 0.3 is 0 Å². The molecular formula is C22H20ClFN4OS. The van der Waals surface area contributed by atoms with Crippen molar-refractivity contribution in [2.24, 2.45) is 0 Å². The summed E-state index contributed by atoms with van der Waals surface area (Å²) >= 11 is 7.61. The van der Waals surface area contributed by atoms with E-state index in [1.54, 1.807) is 12.5 Å². The maximum atomic E-state index is 14.5. The number of anilines is 1. The zero-order chi connectivity index (χ0) is 21.1. The number of carbonyl (C=O) groups excluding carboxylic acids is 1. The van der Waals surface area contributed by atoms with Crippen LogP contribution in [0.25, 0.3) is 10.2 Å². The SMILES string of the molecule is CCc1cccc2sc(N(CCCn3ccnc3)C(=O)c3c(F)cccc3Cl)nc12. The van der Waals surface area contributed by atoms with Crippen molar-refractivity contribution in [2.75, 3.05) is 11.4 Å². The van der Waals surface area contributed by atoms with Gasteiger partial charge in [-0.1, -0.05) is 48.1 Å². The molecule has 4 aromatic rings. The van der Waals surface area contributed by atoms with Gasteiger partial charge in [0.1, 0.15) is 5.82 Å². The van der Waals surface area contributed by atoms with Gasteiger partial charge in [0.2, 0.25) is 0 Å². The zero-order valence-electron chi connectivity index (χ0n) is 16.4. The minimum Gasteiger partial charge on any atom is -0.337 e. The summed E-state index contributed by atoms with van der Waals surface area (Å²) in [5, 5.41) is 0.635. The number of imidazole rings is 1. The van der Waals surface area contributed by atoms with Gasteiger partial charge in [-0.3, -0.25) is 9.69 Å². The number of para-hydroxylation sites is 1. The lowest BCUT2D eigenvalue weighted by molar-refractivity contribution is 0.0982. The number of hydrogen-bond donors (Lipinski definition) is 0. The molecule has 1 amide bonds. The van der Waals surface area contributed by atoms with Crippen LogP contribution in [0.2, 0.25) is 5.02 Å². The Hall–Kier alpha value is -2.77. The minimum atomic E-state index is -0.637. The summed E-state index contributed by atoms with van der Waals surface area (Å²) in [5.74, 6) is -1.12. The first-order valence-electron chi connectivity index (χ1n) is 9.68. The molecule has 154 valence electrons. The van der Waals surface area contributed by atoms with Gasteiger partial charge in [0.05, 0.1) is 27.1 Å². The second kappa shape index (κ2) is 8.93. The van der Waals surface area contributed by atoms with Crippen molar-refractivity contribution in [3.05, 3.63) is 77.1 Å². The lowest BCUT2D eigenvalue weighted by Crippen LogP contribution is -2.33. The van der Waals surface area contributed by atoms with E-state index >= 15 is 0 Å². The van der Waals surface area contributed by atoms with Gasteiger partial charge < -0.3 is 4.57 Å². The quantitative estimate of drug-likeness (QED) is 0.375. The number of hydrogen-bond acceptors (Lipinski definition) is 4. The molecule has 0 fully saturated rings. The van der Waals surface area contributed by atoms with Crippen LogP contribution in [0.3, 0.4) is 0 Å². The Balaban J connectivity index is 1.70. The van der Waals surface area contributed by atoms with E-state index in [0.717, 1.165) is 22.2 Å². The number of aryl methyl sites for hydroxylation is 2. The summed E-state index contributed by atoms with van der Waals surface area (Å²) in [7, 11) is 0.